The van der Waals surface area contributed by atoms with E-state index in [1.54, 1.807) is 18.2 Å². The zero-order chi connectivity index (χ0) is 14.4. The van der Waals surface area contributed by atoms with Crippen molar-refractivity contribution in [1.82, 2.24) is 0 Å². The highest BCUT2D eigenvalue weighted by Gasteiger charge is 2.14. The molecule has 0 bridgehead atoms. The summed E-state index contributed by atoms with van der Waals surface area (Å²) in [6.45, 7) is 7.19. The summed E-state index contributed by atoms with van der Waals surface area (Å²) in [6, 6.07) is 3.26. The van der Waals surface area contributed by atoms with Crippen LogP contribution in [0.4, 0.5) is 5.69 Å². The molecule has 0 unspecified atom stereocenters. The van der Waals surface area contributed by atoms with Gasteiger partial charge in [-0.25, -0.2) is 0 Å². The van der Waals surface area contributed by atoms with Crippen LogP contribution < -0.4 is 15.8 Å². The van der Waals surface area contributed by atoms with Crippen molar-refractivity contribution in [3.8, 4) is 5.75 Å². The SMILES string of the molecule is C=CCOc1cc(CC)c(NC(C)=O)cc1C(N)=O. The van der Waals surface area contributed by atoms with Crippen molar-refractivity contribution in [3.63, 3.8) is 0 Å². The van der Waals surface area contributed by atoms with Gasteiger partial charge in [-0.2, -0.15) is 0 Å². The Morgan fingerprint density at radius 1 is 1.47 bits per heavy atom. The molecule has 19 heavy (non-hydrogen) atoms. The van der Waals surface area contributed by atoms with E-state index in [2.05, 4.69) is 11.9 Å². The molecule has 1 aromatic rings. The van der Waals surface area contributed by atoms with E-state index >= 15 is 0 Å². The number of hydrogen-bond acceptors (Lipinski definition) is 3. The van der Waals surface area contributed by atoms with Gasteiger partial charge in [0.1, 0.15) is 12.4 Å². The number of benzene rings is 1. The Morgan fingerprint density at radius 3 is 2.63 bits per heavy atom. The van der Waals surface area contributed by atoms with Crippen LogP contribution in [0.15, 0.2) is 24.8 Å². The minimum Gasteiger partial charge on any atom is -0.489 e. The average molecular weight is 262 g/mol. The second-order valence-electron chi connectivity index (χ2n) is 4.00. The number of carbonyl (C=O) groups is 2. The van der Waals surface area contributed by atoms with Crippen LogP contribution in [-0.2, 0) is 11.2 Å². The van der Waals surface area contributed by atoms with Gasteiger partial charge < -0.3 is 15.8 Å². The Hall–Kier alpha value is -2.30. The molecule has 1 rings (SSSR count). The summed E-state index contributed by atoms with van der Waals surface area (Å²) in [5.41, 5.74) is 7.01. The number of anilines is 1. The molecule has 5 heteroatoms. The van der Waals surface area contributed by atoms with Crippen LogP contribution in [0.5, 0.6) is 5.75 Å². The lowest BCUT2D eigenvalue weighted by atomic mass is 10.0. The molecule has 0 radical (unpaired) electrons. The normalized spacial score (nSPS) is 9.79. The van der Waals surface area contributed by atoms with E-state index in [9.17, 15) is 9.59 Å². The number of primary amides is 1. The topological polar surface area (TPSA) is 81.4 Å². The molecular formula is C14H18N2O3. The standard InChI is InChI=1S/C14H18N2O3/c1-4-6-19-13-7-10(5-2)12(16-9(3)17)8-11(13)14(15)18/h4,7-8H,1,5-6H2,2-3H3,(H2,15,18)(H,16,17). The molecule has 0 aliphatic heterocycles. The lowest BCUT2D eigenvalue weighted by Crippen LogP contribution is -2.16. The fourth-order valence-electron chi connectivity index (χ4n) is 1.68. The van der Waals surface area contributed by atoms with Gasteiger partial charge in [-0.05, 0) is 24.1 Å². The second-order valence-corrected chi connectivity index (χ2v) is 4.00. The highest BCUT2D eigenvalue weighted by Crippen LogP contribution is 2.28. The predicted molar refractivity (Wildman–Crippen MR) is 74.3 cm³/mol. The van der Waals surface area contributed by atoms with Gasteiger partial charge in [0.15, 0.2) is 0 Å². The van der Waals surface area contributed by atoms with Gasteiger partial charge >= 0.3 is 0 Å². The van der Waals surface area contributed by atoms with Crippen molar-refractivity contribution in [1.29, 1.82) is 0 Å². The van der Waals surface area contributed by atoms with Crippen LogP contribution >= 0.6 is 0 Å². The Labute approximate surface area is 112 Å². The Bertz CT molecular complexity index is 510. The monoisotopic (exact) mass is 262 g/mol. The summed E-state index contributed by atoms with van der Waals surface area (Å²) in [4.78, 5) is 22.6. The Balaban J connectivity index is 3.28. The van der Waals surface area contributed by atoms with Crippen LogP contribution in [0.2, 0.25) is 0 Å². The van der Waals surface area contributed by atoms with Crippen LogP contribution in [0, 0.1) is 0 Å². The maximum atomic E-state index is 11.4. The number of aryl methyl sites for hydroxylation is 1. The van der Waals surface area contributed by atoms with Crippen LogP contribution in [0.3, 0.4) is 0 Å². The van der Waals surface area contributed by atoms with E-state index in [4.69, 9.17) is 10.5 Å². The fourth-order valence-corrected chi connectivity index (χ4v) is 1.68. The van der Waals surface area contributed by atoms with Crippen molar-refractivity contribution in [3.05, 3.63) is 35.9 Å². The number of amides is 2. The number of nitrogens with two attached hydrogens (primary N) is 1. The smallest absolute Gasteiger partial charge is 0.252 e. The van der Waals surface area contributed by atoms with E-state index in [1.165, 1.54) is 6.92 Å². The van der Waals surface area contributed by atoms with E-state index < -0.39 is 5.91 Å². The third-order valence-electron chi connectivity index (χ3n) is 2.52. The molecule has 0 atom stereocenters. The van der Waals surface area contributed by atoms with Gasteiger partial charge in [0.2, 0.25) is 5.91 Å². The molecule has 0 aromatic heterocycles. The Morgan fingerprint density at radius 2 is 2.16 bits per heavy atom. The van der Waals surface area contributed by atoms with E-state index in [0.717, 1.165) is 5.56 Å². The van der Waals surface area contributed by atoms with Crippen molar-refractivity contribution >= 4 is 17.5 Å². The highest BCUT2D eigenvalue weighted by atomic mass is 16.5. The molecule has 1 aromatic carbocycles. The number of nitrogens with one attached hydrogen (secondary N) is 1. The van der Waals surface area contributed by atoms with Crippen LogP contribution in [0.1, 0.15) is 29.8 Å². The molecule has 102 valence electrons. The lowest BCUT2D eigenvalue weighted by molar-refractivity contribution is -0.114. The van der Waals surface area contributed by atoms with Gasteiger partial charge in [-0.1, -0.05) is 19.6 Å². The number of carbonyl (C=O) groups excluding carboxylic acids is 2. The lowest BCUT2D eigenvalue weighted by Gasteiger charge is -2.14. The highest BCUT2D eigenvalue weighted by molar-refractivity contribution is 5.98. The van der Waals surface area contributed by atoms with E-state index in [0.29, 0.717) is 17.9 Å². The van der Waals surface area contributed by atoms with Crippen molar-refractivity contribution in [2.45, 2.75) is 20.3 Å². The first kappa shape index (κ1) is 14.8. The third-order valence-corrected chi connectivity index (χ3v) is 2.52. The number of ether oxygens (including phenoxy) is 1. The van der Waals surface area contributed by atoms with Gasteiger partial charge in [-0.3, -0.25) is 9.59 Å². The summed E-state index contributed by atoms with van der Waals surface area (Å²) in [5, 5.41) is 2.68. The number of rotatable bonds is 6. The summed E-state index contributed by atoms with van der Waals surface area (Å²) in [5.74, 6) is -0.406. The quantitative estimate of drug-likeness (QED) is 0.768. The molecule has 0 spiro atoms. The maximum absolute atomic E-state index is 11.4. The minimum atomic E-state index is -0.603. The maximum Gasteiger partial charge on any atom is 0.252 e. The summed E-state index contributed by atoms with van der Waals surface area (Å²) in [7, 11) is 0. The molecule has 0 saturated heterocycles. The van der Waals surface area contributed by atoms with Gasteiger partial charge in [0, 0.05) is 12.6 Å². The zero-order valence-electron chi connectivity index (χ0n) is 11.2. The molecular weight excluding hydrogens is 244 g/mol. The van der Waals surface area contributed by atoms with Crippen molar-refractivity contribution < 1.29 is 14.3 Å². The first-order valence-electron chi connectivity index (χ1n) is 5.97. The molecule has 0 heterocycles. The summed E-state index contributed by atoms with van der Waals surface area (Å²) in [6.07, 6.45) is 2.28. The van der Waals surface area contributed by atoms with Crippen LogP contribution in [-0.4, -0.2) is 18.4 Å². The van der Waals surface area contributed by atoms with E-state index in [-0.39, 0.29) is 18.1 Å². The first-order chi connectivity index (χ1) is 8.99. The minimum absolute atomic E-state index is 0.204. The van der Waals surface area contributed by atoms with Gasteiger partial charge in [-0.15, -0.1) is 0 Å². The number of hydrogen-bond donors (Lipinski definition) is 2. The molecule has 0 aliphatic carbocycles. The largest absolute Gasteiger partial charge is 0.489 e. The van der Waals surface area contributed by atoms with Gasteiger partial charge in [0.05, 0.1) is 5.56 Å². The fraction of sp³-hybridized carbons (Fsp3) is 0.286. The third kappa shape index (κ3) is 3.84. The summed E-state index contributed by atoms with van der Waals surface area (Å²) >= 11 is 0. The van der Waals surface area contributed by atoms with Crippen LogP contribution in [0.25, 0.3) is 0 Å². The molecule has 0 fully saturated rings. The molecule has 5 nitrogen and oxygen atoms in total. The molecule has 0 saturated carbocycles. The van der Waals surface area contributed by atoms with Gasteiger partial charge in [0.25, 0.3) is 5.91 Å². The van der Waals surface area contributed by atoms with Crippen molar-refractivity contribution in [2.75, 3.05) is 11.9 Å². The summed E-state index contributed by atoms with van der Waals surface area (Å²) < 4.78 is 5.42. The second kappa shape index (κ2) is 6.58. The van der Waals surface area contributed by atoms with Crippen molar-refractivity contribution in [2.24, 2.45) is 5.73 Å². The zero-order valence-corrected chi connectivity index (χ0v) is 11.2. The first-order valence-corrected chi connectivity index (χ1v) is 5.97. The van der Waals surface area contributed by atoms with E-state index in [1.807, 2.05) is 6.92 Å². The predicted octanol–water partition coefficient (Wildman–Crippen LogP) is 1.87. The molecule has 2 amide bonds. The average Bonchev–Trinajstić information content (AvgIpc) is 2.35. The Kier molecular flexibility index (Phi) is 5.11. The molecule has 3 N–H and O–H groups in total. The molecule has 0 aliphatic rings.